The molecule has 3 unspecified atom stereocenters. The number of para-hydroxylation sites is 1. The second-order valence-corrected chi connectivity index (χ2v) is 5.97. The molecule has 0 amide bonds. The average Bonchev–Trinajstić information content (AvgIpc) is 2.45. The van der Waals surface area contributed by atoms with Gasteiger partial charge in [0.1, 0.15) is 0 Å². The third-order valence-electron chi connectivity index (χ3n) is 4.97. The molecule has 2 rings (SSSR count). The van der Waals surface area contributed by atoms with Crippen molar-refractivity contribution in [2.45, 2.75) is 52.0 Å². The van der Waals surface area contributed by atoms with Gasteiger partial charge < -0.3 is 5.32 Å². The van der Waals surface area contributed by atoms with Gasteiger partial charge in [0.2, 0.25) is 0 Å². The Morgan fingerprint density at radius 2 is 2.10 bits per heavy atom. The summed E-state index contributed by atoms with van der Waals surface area (Å²) < 4.78 is 0. The number of nitro groups is 1. The van der Waals surface area contributed by atoms with Crippen LogP contribution < -0.4 is 5.32 Å². The van der Waals surface area contributed by atoms with E-state index >= 15 is 0 Å². The maximum Gasteiger partial charge on any atom is 0.272 e. The Morgan fingerprint density at radius 3 is 2.70 bits per heavy atom. The molecule has 110 valence electrons. The highest BCUT2D eigenvalue weighted by atomic mass is 16.6. The minimum absolute atomic E-state index is 0.112. The van der Waals surface area contributed by atoms with Crippen molar-refractivity contribution in [3.05, 3.63) is 39.9 Å². The molecular weight excluding hydrogens is 252 g/mol. The summed E-state index contributed by atoms with van der Waals surface area (Å²) in [6.07, 6.45) is 3.15. The summed E-state index contributed by atoms with van der Waals surface area (Å²) in [5, 5.41) is 14.8. The fraction of sp³-hybridized carbons (Fsp3) is 0.625. The van der Waals surface area contributed by atoms with Gasteiger partial charge in [-0.3, -0.25) is 10.1 Å². The molecule has 1 fully saturated rings. The van der Waals surface area contributed by atoms with Gasteiger partial charge in [-0.2, -0.15) is 0 Å². The average molecular weight is 276 g/mol. The SMILES string of the molecule is CCCNC1CC(c2ccccc2[N+](=O)[O-])C1(C)CC. The third kappa shape index (κ3) is 2.44. The first kappa shape index (κ1) is 15.0. The van der Waals surface area contributed by atoms with Gasteiger partial charge in [-0.15, -0.1) is 0 Å². The van der Waals surface area contributed by atoms with Crippen LogP contribution in [0.15, 0.2) is 24.3 Å². The number of nitrogens with one attached hydrogen (secondary N) is 1. The highest BCUT2D eigenvalue weighted by Crippen LogP contribution is 2.56. The van der Waals surface area contributed by atoms with Gasteiger partial charge in [0.15, 0.2) is 0 Å². The molecule has 1 aliphatic carbocycles. The maximum absolute atomic E-state index is 11.2. The van der Waals surface area contributed by atoms with E-state index in [9.17, 15) is 10.1 Å². The summed E-state index contributed by atoms with van der Waals surface area (Å²) in [5.74, 6) is 0.281. The lowest BCUT2D eigenvalue weighted by Crippen LogP contribution is -2.57. The molecule has 3 atom stereocenters. The molecule has 1 saturated carbocycles. The predicted molar refractivity (Wildman–Crippen MR) is 80.9 cm³/mol. The Balaban J connectivity index is 2.24. The monoisotopic (exact) mass is 276 g/mol. The van der Waals surface area contributed by atoms with Crippen LogP contribution in [-0.2, 0) is 0 Å². The zero-order chi connectivity index (χ0) is 14.8. The van der Waals surface area contributed by atoms with Crippen LogP contribution in [-0.4, -0.2) is 17.5 Å². The first-order valence-corrected chi connectivity index (χ1v) is 7.51. The van der Waals surface area contributed by atoms with E-state index in [0.29, 0.717) is 6.04 Å². The predicted octanol–water partition coefficient (Wildman–Crippen LogP) is 3.87. The Labute approximate surface area is 120 Å². The number of benzene rings is 1. The molecule has 1 aromatic rings. The lowest BCUT2D eigenvalue weighted by atomic mass is 9.54. The van der Waals surface area contributed by atoms with Gasteiger partial charge in [-0.25, -0.2) is 0 Å². The summed E-state index contributed by atoms with van der Waals surface area (Å²) >= 11 is 0. The quantitative estimate of drug-likeness (QED) is 0.634. The van der Waals surface area contributed by atoms with Crippen LogP contribution in [0.2, 0.25) is 0 Å². The number of nitro benzene ring substituents is 1. The van der Waals surface area contributed by atoms with E-state index in [2.05, 4.69) is 26.1 Å². The lowest BCUT2D eigenvalue weighted by Gasteiger charge is -2.54. The highest BCUT2D eigenvalue weighted by Gasteiger charge is 2.52. The van der Waals surface area contributed by atoms with Gasteiger partial charge in [-0.1, -0.05) is 39.0 Å². The van der Waals surface area contributed by atoms with Crippen molar-refractivity contribution < 1.29 is 4.92 Å². The highest BCUT2D eigenvalue weighted by molar-refractivity contribution is 5.45. The Bertz CT molecular complexity index is 489. The van der Waals surface area contributed by atoms with Crippen molar-refractivity contribution in [2.75, 3.05) is 6.54 Å². The Hall–Kier alpha value is -1.42. The van der Waals surface area contributed by atoms with Crippen LogP contribution in [0.25, 0.3) is 0 Å². The minimum atomic E-state index is -0.252. The summed E-state index contributed by atoms with van der Waals surface area (Å²) in [6, 6.07) is 7.67. The first-order valence-electron chi connectivity index (χ1n) is 7.51. The maximum atomic E-state index is 11.2. The zero-order valence-electron chi connectivity index (χ0n) is 12.6. The standard InChI is InChI=1S/C16H24N2O2/c1-4-10-17-15-11-13(16(15,3)5-2)12-8-6-7-9-14(12)18(19)20/h6-9,13,15,17H,4-5,10-11H2,1-3H3. The molecular formula is C16H24N2O2. The van der Waals surface area contributed by atoms with Crippen molar-refractivity contribution in [3.63, 3.8) is 0 Å². The third-order valence-corrected chi connectivity index (χ3v) is 4.97. The molecule has 0 saturated heterocycles. The summed E-state index contributed by atoms with van der Waals surface area (Å²) in [7, 11) is 0. The number of hydrogen-bond donors (Lipinski definition) is 1. The molecule has 0 aliphatic heterocycles. The molecule has 0 aromatic heterocycles. The minimum Gasteiger partial charge on any atom is -0.313 e. The van der Waals surface area contributed by atoms with Crippen LogP contribution in [0.5, 0.6) is 0 Å². The van der Waals surface area contributed by atoms with Gasteiger partial charge in [0.05, 0.1) is 4.92 Å². The fourth-order valence-electron chi connectivity index (χ4n) is 3.42. The zero-order valence-corrected chi connectivity index (χ0v) is 12.6. The van der Waals surface area contributed by atoms with E-state index in [0.717, 1.165) is 31.4 Å². The smallest absolute Gasteiger partial charge is 0.272 e. The summed E-state index contributed by atoms with van der Waals surface area (Å²) in [4.78, 5) is 11.0. The molecule has 4 heteroatoms. The molecule has 1 N–H and O–H groups in total. The van der Waals surface area contributed by atoms with E-state index in [1.165, 1.54) is 0 Å². The molecule has 1 aliphatic rings. The Morgan fingerprint density at radius 1 is 1.40 bits per heavy atom. The largest absolute Gasteiger partial charge is 0.313 e. The van der Waals surface area contributed by atoms with E-state index in [1.807, 2.05) is 12.1 Å². The van der Waals surface area contributed by atoms with Crippen molar-refractivity contribution in [1.82, 2.24) is 5.32 Å². The fourth-order valence-corrected chi connectivity index (χ4v) is 3.42. The van der Waals surface area contributed by atoms with E-state index in [4.69, 9.17) is 0 Å². The van der Waals surface area contributed by atoms with Crippen LogP contribution in [0, 0.1) is 15.5 Å². The van der Waals surface area contributed by atoms with Crippen molar-refractivity contribution in [3.8, 4) is 0 Å². The molecule has 0 heterocycles. The number of nitrogens with zero attached hydrogens (tertiary/aromatic N) is 1. The molecule has 1 aromatic carbocycles. The Kier molecular flexibility index (Phi) is 4.43. The van der Waals surface area contributed by atoms with Crippen molar-refractivity contribution in [1.29, 1.82) is 0 Å². The number of hydrogen-bond acceptors (Lipinski definition) is 3. The van der Waals surface area contributed by atoms with Crippen molar-refractivity contribution in [2.24, 2.45) is 5.41 Å². The second kappa shape index (κ2) is 5.92. The number of rotatable bonds is 6. The molecule has 0 bridgehead atoms. The van der Waals surface area contributed by atoms with E-state index in [1.54, 1.807) is 12.1 Å². The normalized spacial score (nSPS) is 28.9. The van der Waals surface area contributed by atoms with Crippen LogP contribution in [0.4, 0.5) is 5.69 Å². The molecule has 0 spiro atoms. The van der Waals surface area contributed by atoms with Gasteiger partial charge in [0, 0.05) is 17.7 Å². The van der Waals surface area contributed by atoms with E-state index in [-0.39, 0.29) is 21.9 Å². The van der Waals surface area contributed by atoms with Gasteiger partial charge in [-0.05, 0) is 37.1 Å². The van der Waals surface area contributed by atoms with Crippen LogP contribution in [0.1, 0.15) is 51.5 Å². The van der Waals surface area contributed by atoms with Crippen molar-refractivity contribution >= 4 is 5.69 Å². The van der Waals surface area contributed by atoms with Gasteiger partial charge >= 0.3 is 0 Å². The summed E-state index contributed by atoms with van der Waals surface area (Å²) in [5.41, 5.74) is 1.28. The van der Waals surface area contributed by atoms with E-state index < -0.39 is 0 Å². The lowest BCUT2D eigenvalue weighted by molar-refractivity contribution is -0.386. The van der Waals surface area contributed by atoms with Crippen LogP contribution in [0.3, 0.4) is 0 Å². The topological polar surface area (TPSA) is 55.2 Å². The van der Waals surface area contributed by atoms with Crippen LogP contribution >= 0.6 is 0 Å². The van der Waals surface area contributed by atoms with Gasteiger partial charge in [0.25, 0.3) is 5.69 Å². The summed E-state index contributed by atoms with van der Waals surface area (Å²) in [6.45, 7) is 7.62. The first-order chi connectivity index (χ1) is 9.54. The molecule has 0 radical (unpaired) electrons. The molecule has 4 nitrogen and oxygen atoms in total. The molecule has 20 heavy (non-hydrogen) atoms. The second-order valence-electron chi connectivity index (χ2n) is 5.97.